The van der Waals surface area contributed by atoms with Crippen molar-refractivity contribution >= 4 is 11.8 Å². The molecule has 2 N–H and O–H groups in total. The minimum absolute atomic E-state index is 0.240. The van der Waals surface area contributed by atoms with E-state index in [2.05, 4.69) is 0 Å². The number of carboxylic acids is 1. The van der Waals surface area contributed by atoms with E-state index in [1.54, 1.807) is 27.7 Å². The molecule has 1 aromatic rings. The van der Waals surface area contributed by atoms with E-state index in [1.165, 1.54) is 0 Å². The highest BCUT2D eigenvalue weighted by Gasteiger charge is 2.53. The van der Waals surface area contributed by atoms with Crippen LogP contribution in [0.4, 0.5) is 0 Å². The summed E-state index contributed by atoms with van der Waals surface area (Å²) < 4.78 is 29.8. The molecule has 1 aromatic carbocycles. The smallest absolute Gasteiger partial charge is 0.372 e. The molecule has 9 nitrogen and oxygen atoms in total. The largest absolute Gasteiger partial charge is 0.475 e. The molecule has 31 heavy (non-hydrogen) atoms. The first kappa shape index (κ1) is 23.8. The van der Waals surface area contributed by atoms with Crippen molar-refractivity contribution in [1.29, 1.82) is 0 Å². The molecule has 0 radical (unpaired) electrons. The third kappa shape index (κ3) is 6.09. The fraction of sp³-hybridized carbons (Fsp3) is 0.636. The molecule has 2 aliphatic rings. The number of carboxylic acid groups (broad SMARTS) is 1. The second-order valence-electron chi connectivity index (χ2n) is 8.69. The molecule has 2 saturated heterocycles. The van der Waals surface area contributed by atoms with Gasteiger partial charge >= 0.3 is 5.97 Å². The first-order valence-electron chi connectivity index (χ1n) is 10.2. The number of aliphatic carboxylic acids is 1. The Morgan fingerprint density at radius 2 is 1.71 bits per heavy atom. The summed E-state index contributed by atoms with van der Waals surface area (Å²) in [5.74, 6) is -4.62. The van der Waals surface area contributed by atoms with Gasteiger partial charge in [0.1, 0.15) is 24.4 Å². The van der Waals surface area contributed by atoms with Crippen LogP contribution in [-0.4, -0.2) is 70.7 Å². The van der Waals surface area contributed by atoms with Crippen LogP contribution in [0.25, 0.3) is 0 Å². The SMILES string of the molecule is CC1(C)O[C@@H]([C@H](OCc2ccccc2)[C@H]2COC(C)(C)O2)[C@@H]([C@@H](O)CC(=O)C(=O)O)O1. The molecular formula is C22H30O9. The first-order chi connectivity index (χ1) is 14.5. The first-order valence-corrected chi connectivity index (χ1v) is 10.2. The van der Waals surface area contributed by atoms with Gasteiger partial charge in [0.05, 0.1) is 19.3 Å². The van der Waals surface area contributed by atoms with Gasteiger partial charge in [-0.05, 0) is 33.3 Å². The summed E-state index contributed by atoms with van der Waals surface area (Å²) in [5, 5.41) is 19.5. The van der Waals surface area contributed by atoms with Gasteiger partial charge in [-0.3, -0.25) is 4.79 Å². The molecule has 2 heterocycles. The number of ketones is 1. The van der Waals surface area contributed by atoms with Crippen LogP contribution in [0.5, 0.6) is 0 Å². The van der Waals surface area contributed by atoms with Crippen LogP contribution in [0.3, 0.4) is 0 Å². The second kappa shape index (κ2) is 9.32. The fourth-order valence-electron chi connectivity index (χ4n) is 3.82. The molecular weight excluding hydrogens is 408 g/mol. The summed E-state index contributed by atoms with van der Waals surface area (Å²) in [6, 6.07) is 9.53. The monoisotopic (exact) mass is 438 g/mol. The molecule has 0 aliphatic carbocycles. The molecule has 0 bridgehead atoms. The summed E-state index contributed by atoms with van der Waals surface area (Å²) in [6.45, 7) is 7.42. The number of benzene rings is 1. The number of hydrogen-bond acceptors (Lipinski definition) is 8. The Morgan fingerprint density at radius 1 is 1.06 bits per heavy atom. The van der Waals surface area contributed by atoms with Gasteiger partial charge in [-0.15, -0.1) is 0 Å². The highest BCUT2D eigenvalue weighted by atomic mass is 16.8. The minimum atomic E-state index is -1.61. The number of carbonyl (C=O) groups is 2. The van der Waals surface area contributed by atoms with Gasteiger partial charge in [0, 0.05) is 6.42 Å². The molecule has 3 rings (SSSR count). The lowest BCUT2D eigenvalue weighted by Crippen LogP contribution is -2.50. The standard InChI is InChI=1S/C22H30O9/c1-21(2)28-12-16(29-21)18(27-11-13-8-6-5-7-9-13)19-17(30-22(3,4)31-19)14(23)10-15(24)20(25)26/h5-9,14,16-19,23H,10-12H2,1-4H3,(H,25,26)/t14-,16+,17+,18+,19+/m0/s1. The van der Waals surface area contributed by atoms with Gasteiger partial charge in [0.2, 0.25) is 5.78 Å². The van der Waals surface area contributed by atoms with Crippen molar-refractivity contribution in [2.24, 2.45) is 0 Å². The second-order valence-corrected chi connectivity index (χ2v) is 8.69. The minimum Gasteiger partial charge on any atom is -0.475 e. The lowest BCUT2D eigenvalue weighted by molar-refractivity contribution is -0.190. The Kier molecular flexibility index (Phi) is 7.14. The maximum absolute atomic E-state index is 11.7. The molecule has 0 unspecified atom stereocenters. The fourth-order valence-corrected chi connectivity index (χ4v) is 3.82. The number of carbonyl (C=O) groups excluding carboxylic acids is 1. The molecule has 172 valence electrons. The van der Waals surface area contributed by atoms with Crippen LogP contribution in [0.1, 0.15) is 39.7 Å². The van der Waals surface area contributed by atoms with E-state index in [0.29, 0.717) is 0 Å². The van der Waals surface area contributed by atoms with E-state index in [9.17, 15) is 14.7 Å². The van der Waals surface area contributed by atoms with Gasteiger partial charge in [-0.25, -0.2) is 4.79 Å². The highest BCUT2D eigenvalue weighted by molar-refractivity contribution is 6.32. The van der Waals surface area contributed by atoms with E-state index in [1.807, 2.05) is 30.3 Å². The van der Waals surface area contributed by atoms with Gasteiger partial charge in [-0.1, -0.05) is 30.3 Å². The third-order valence-corrected chi connectivity index (χ3v) is 5.18. The maximum atomic E-state index is 11.7. The summed E-state index contributed by atoms with van der Waals surface area (Å²) in [4.78, 5) is 22.6. The Morgan fingerprint density at radius 3 is 2.29 bits per heavy atom. The van der Waals surface area contributed by atoms with Crippen LogP contribution in [-0.2, 0) is 39.9 Å². The molecule has 5 atom stereocenters. The average Bonchev–Trinajstić information content (AvgIpc) is 3.21. The van der Waals surface area contributed by atoms with Gasteiger partial charge in [0.15, 0.2) is 11.6 Å². The van der Waals surface area contributed by atoms with Crippen LogP contribution in [0, 0.1) is 0 Å². The quantitative estimate of drug-likeness (QED) is 0.554. The zero-order valence-corrected chi connectivity index (χ0v) is 18.1. The summed E-state index contributed by atoms with van der Waals surface area (Å²) in [7, 11) is 0. The zero-order chi connectivity index (χ0) is 22.8. The topological polar surface area (TPSA) is 121 Å². The van der Waals surface area contributed by atoms with Crippen molar-refractivity contribution in [3.63, 3.8) is 0 Å². The van der Waals surface area contributed by atoms with Crippen molar-refractivity contribution in [3.8, 4) is 0 Å². The number of ether oxygens (including phenoxy) is 5. The van der Waals surface area contributed by atoms with Crippen molar-refractivity contribution < 1.29 is 43.5 Å². The predicted octanol–water partition coefficient (Wildman–Crippen LogP) is 1.65. The lowest BCUT2D eigenvalue weighted by atomic mass is 9.96. The molecule has 0 amide bonds. The van der Waals surface area contributed by atoms with E-state index in [0.717, 1.165) is 5.56 Å². The molecule has 2 fully saturated rings. The van der Waals surface area contributed by atoms with Crippen LogP contribution < -0.4 is 0 Å². The van der Waals surface area contributed by atoms with Crippen LogP contribution in [0.15, 0.2) is 30.3 Å². The number of aliphatic hydroxyl groups is 1. The van der Waals surface area contributed by atoms with Crippen molar-refractivity contribution in [2.75, 3.05) is 6.61 Å². The number of aliphatic hydroxyl groups excluding tert-OH is 1. The Bertz CT molecular complexity index is 776. The summed E-state index contributed by atoms with van der Waals surface area (Å²) in [5.41, 5.74) is 0.932. The number of hydrogen-bond donors (Lipinski definition) is 2. The van der Waals surface area contributed by atoms with E-state index >= 15 is 0 Å². The Labute approximate surface area is 181 Å². The van der Waals surface area contributed by atoms with Crippen molar-refractivity contribution in [1.82, 2.24) is 0 Å². The van der Waals surface area contributed by atoms with Crippen LogP contribution >= 0.6 is 0 Å². The molecule has 2 aliphatic heterocycles. The average molecular weight is 438 g/mol. The van der Waals surface area contributed by atoms with E-state index < -0.39 is 60.3 Å². The highest BCUT2D eigenvalue weighted by Crippen LogP contribution is 2.37. The van der Waals surface area contributed by atoms with Gasteiger partial charge in [0.25, 0.3) is 0 Å². The Hall–Kier alpha value is -1.88. The van der Waals surface area contributed by atoms with Crippen molar-refractivity contribution in [3.05, 3.63) is 35.9 Å². The van der Waals surface area contributed by atoms with Crippen molar-refractivity contribution in [2.45, 2.75) is 82.8 Å². The molecule has 0 aromatic heterocycles. The lowest BCUT2D eigenvalue weighted by Gasteiger charge is -2.32. The van der Waals surface area contributed by atoms with Crippen LogP contribution in [0.2, 0.25) is 0 Å². The third-order valence-electron chi connectivity index (χ3n) is 5.18. The van der Waals surface area contributed by atoms with E-state index in [4.69, 9.17) is 28.8 Å². The van der Waals surface area contributed by atoms with Gasteiger partial charge < -0.3 is 33.9 Å². The molecule has 0 spiro atoms. The van der Waals surface area contributed by atoms with Gasteiger partial charge in [-0.2, -0.15) is 0 Å². The normalized spacial score (nSPS) is 28.9. The summed E-state index contributed by atoms with van der Waals surface area (Å²) in [6.07, 6.45) is -5.04. The number of Topliss-reactive ketones (excluding diaryl/α,β-unsaturated/α-hetero) is 1. The molecule has 9 heteroatoms. The molecule has 0 saturated carbocycles. The Balaban J connectivity index is 1.83. The number of rotatable bonds is 9. The zero-order valence-electron chi connectivity index (χ0n) is 18.1. The maximum Gasteiger partial charge on any atom is 0.372 e. The summed E-state index contributed by atoms with van der Waals surface area (Å²) >= 11 is 0. The van der Waals surface area contributed by atoms with E-state index in [-0.39, 0.29) is 13.2 Å². The predicted molar refractivity (Wildman–Crippen MR) is 107 cm³/mol.